The van der Waals surface area contributed by atoms with Crippen molar-refractivity contribution < 1.29 is 4.74 Å². The monoisotopic (exact) mass is 185 g/mol. The van der Waals surface area contributed by atoms with E-state index in [1.54, 1.807) is 4.90 Å². The van der Waals surface area contributed by atoms with Crippen LogP contribution in [-0.4, -0.2) is 29.8 Å². The smallest absolute Gasteiger partial charge is 0.260 e. The number of terminal acetylenes is 1. The highest BCUT2D eigenvalue weighted by Crippen LogP contribution is 1.99. The Morgan fingerprint density at radius 2 is 2.33 bits per heavy atom. The van der Waals surface area contributed by atoms with Crippen molar-refractivity contribution in [3.63, 3.8) is 0 Å². The molecular weight excluding hydrogens is 170 g/mol. The van der Waals surface area contributed by atoms with Crippen molar-refractivity contribution in [2.45, 2.75) is 26.4 Å². The molecule has 0 saturated carbocycles. The highest BCUT2D eigenvalue weighted by atomic mass is 32.1. The molecule has 0 aromatic rings. The first-order chi connectivity index (χ1) is 5.61. The van der Waals surface area contributed by atoms with Crippen molar-refractivity contribution in [1.29, 1.82) is 0 Å². The molecule has 0 fully saturated rings. The highest BCUT2D eigenvalue weighted by molar-refractivity contribution is 7.80. The van der Waals surface area contributed by atoms with Gasteiger partial charge in [0.25, 0.3) is 5.17 Å². The van der Waals surface area contributed by atoms with Gasteiger partial charge in [0, 0.05) is 7.05 Å². The molecule has 0 unspecified atom stereocenters. The van der Waals surface area contributed by atoms with Crippen LogP contribution in [0.4, 0.5) is 0 Å². The predicted octanol–water partition coefficient (Wildman–Crippen LogP) is 1.65. The zero-order chi connectivity index (χ0) is 9.56. The molecule has 0 amide bonds. The normalized spacial score (nSPS) is 11.5. The lowest BCUT2D eigenvalue weighted by Crippen LogP contribution is -2.30. The Morgan fingerprint density at radius 1 is 1.75 bits per heavy atom. The molecule has 0 saturated heterocycles. The molecule has 0 radical (unpaired) electrons. The standard InChI is InChI=1S/C9H15NOS/c1-5-7-10(4)9(12)11-8(3)6-2/h1,8H,6-7H2,2-4H3/t8-/m0/s1. The number of nitrogens with zero attached hydrogens (tertiary/aromatic N) is 1. The fourth-order valence-corrected chi connectivity index (χ4v) is 0.776. The summed E-state index contributed by atoms with van der Waals surface area (Å²) in [5.41, 5.74) is 0. The van der Waals surface area contributed by atoms with Gasteiger partial charge in [-0.15, -0.1) is 6.42 Å². The summed E-state index contributed by atoms with van der Waals surface area (Å²) in [6, 6.07) is 0. The van der Waals surface area contributed by atoms with Crippen LogP contribution >= 0.6 is 12.2 Å². The van der Waals surface area contributed by atoms with E-state index in [0.717, 1.165) is 6.42 Å². The van der Waals surface area contributed by atoms with Crippen molar-refractivity contribution in [1.82, 2.24) is 4.90 Å². The molecule has 12 heavy (non-hydrogen) atoms. The maximum absolute atomic E-state index is 5.38. The van der Waals surface area contributed by atoms with Crippen LogP contribution in [0.1, 0.15) is 20.3 Å². The van der Waals surface area contributed by atoms with Gasteiger partial charge in [-0.25, -0.2) is 0 Å². The maximum atomic E-state index is 5.38. The second-order valence-corrected chi connectivity index (χ2v) is 3.01. The fourth-order valence-electron chi connectivity index (χ4n) is 0.547. The summed E-state index contributed by atoms with van der Waals surface area (Å²) in [6.45, 7) is 4.53. The first-order valence-corrected chi connectivity index (χ1v) is 4.37. The topological polar surface area (TPSA) is 12.5 Å². The number of ether oxygens (including phenoxy) is 1. The summed E-state index contributed by atoms with van der Waals surface area (Å²) in [4.78, 5) is 1.74. The summed E-state index contributed by atoms with van der Waals surface area (Å²) in [5.74, 6) is 2.50. The van der Waals surface area contributed by atoms with Gasteiger partial charge in [-0.2, -0.15) is 0 Å². The number of rotatable bonds is 3. The molecule has 0 aliphatic rings. The molecule has 0 rings (SSSR count). The highest BCUT2D eigenvalue weighted by Gasteiger charge is 2.06. The zero-order valence-electron chi connectivity index (χ0n) is 7.83. The van der Waals surface area contributed by atoms with Crippen LogP contribution in [0.5, 0.6) is 0 Å². The largest absolute Gasteiger partial charge is 0.468 e. The van der Waals surface area contributed by atoms with E-state index in [9.17, 15) is 0 Å². The second kappa shape index (κ2) is 5.84. The van der Waals surface area contributed by atoms with Gasteiger partial charge in [0.1, 0.15) is 0 Å². The van der Waals surface area contributed by atoms with Crippen molar-refractivity contribution in [2.75, 3.05) is 13.6 Å². The molecule has 0 spiro atoms. The third kappa shape index (κ3) is 4.20. The third-order valence-corrected chi connectivity index (χ3v) is 1.92. The van der Waals surface area contributed by atoms with Gasteiger partial charge in [-0.3, -0.25) is 0 Å². The lowest BCUT2D eigenvalue weighted by atomic mass is 10.3. The number of thiocarbonyl (C=S) groups is 1. The molecule has 3 heteroatoms. The minimum absolute atomic E-state index is 0.165. The lowest BCUT2D eigenvalue weighted by Gasteiger charge is -2.20. The predicted molar refractivity (Wildman–Crippen MR) is 54.9 cm³/mol. The van der Waals surface area contributed by atoms with Crippen molar-refractivity contribution in [3.05, 3.63) is 0 Å². The summed E-state index contributed by atoms with van der Waals surface area (Å²) in [5, 5.41) is 0.474. The fraction of sp³-hybridized carbons (Fsp3) is 0.667. The molecule has 0 aromatic heterocycles. The molecule has 0 aliphatic heterocycles. The van der Waals surface area contributed by atoms with Gasteiger partial charge in [-0.1, -0.05) is 12.8 Å². The summed E-state index contributed by atoms with van der Waals surface area (Å²) in [7, 11) is 1.82. The van der Waals surface area contributed by atoms with Gasteiger partial charge in [-0.05, 0) is 25.6 Å². The molecule has 0 heterocycles. The van der Waals surface area contributed by atoms with Gasteiger partial charge in [0.2, 0.25) is 0 Å². The van der Waals surface area contributed by atoms with E-state index in [4.69, 9.17) is 23.4 Å². The Kier molecular flexibility index (Phi) is 5.48. The lowest BCUT2D eigenvalue weighted by molar-refractivity contribution is 0.179. The van der Waals surface area contributed by atoms with Crippen LogP contribution in [0.2, 0.25) is 0 Å². The Morgan fingerprint density at radius 3 is 2.75 bits per heavy atom. The minimum Gasteiger partial charge on any atom is -0.468 e. The van der Waals surface area contributed by atoms with Gasteiger partial charge in [0.05, 0.1) is 12.6 Å². The van der Waals surface area contributed by atoms with Crippen LogP contribution in [0, 0.1) is 12.3 Å². The Labute approximate surface area is 79.9 Å². The van der Waals surface area contributed by atoms with Crippen LogP contribution in [-0.2, 0) is 4.74 Å². The first kappa shape index (κ1) is 11.2. The van der Waals surface area contributed by atoms with Gasteiger partial charge >= 0.3 is 0 Å². The molecule has 2 nitrogen and oxygen atoms in total. The van der Waals surface area contributed by atoms with E-state index in [2.05, 4.69) is 12.8 Å². The Hall–Kier alpha value is -0.750. The SMILES string of the molecule is C#CCN(C)C(=S)O[C@@H](C)CC. The van der Waals surface area contributed by atoms with Gasteiger partial charge in [0.15, 0.2) is 0 Å². The van der Waals surface area contributed by atoms with Crippen LogP contribution < -0.4 is 0 Å². The van der Waals surface area contributed by atoms with Crippen LogP contribution in [0.25, 0.3) is 0 Å². The number of hydrogen-bond acceptors (Lipinski definition) is 2. The van der Waals surface area contributed by atoms with Crippen molar-refractivity contribution in [3.8, 4) is 12.3 Å². The molecule has 68 valence electrons. The maximum Gasteiger partial charge on any atom is 0.260 e. The molecule has 0 N–H and O–H groups in total. The van der Waals surface area contributed by atoms with E-state index < -0.39 is 0 Å². The molecule has 1 atom stereocenters. The quantitative estimate of drug-likeness (QED) is 0.490. The minimum atomic E-state index is 0.165. The van der Waals surface area contributed by atoms with Crippen LogP contribution in [0.3, 0.4) is 0 Å². The van der Waals surface area contributed by atoms with E-state index in [1.807, 2.05) is 14.0 Å². The Balaban J connectivity index is 3.80. The van der Waals surface area contributed by atoms with Crippen LogP contribution in [0.15, 0.2) is 0 Å². The molecule has 0 aliphatic carbocycles. The second-order valence-electron chi connectivity index (χ2n) is 2.66. The van der Waals surface area contributed by atoms with Crippen molar-refractivity contribution >= 4 is 17.4 Å². The molecule has 0 bridgehead atoms. The summed E-state index contributed by atoms with van der Waals surface area (Å²) in [6.07, 6.45) is 6.24. The van der Waals surface area contributed by atoms with E-state index in [-0.39, 0.29) is 6.10 Å². The Bertz CT molecular complexity index is 185. The average molecular weight is 185 g/mol. The summed E-state index contributed by atoms with van der Waals surface area (Å²) < 4.78 is 5.38. The van der Waals surface area contributed by atoms with E-state index in [1.165, 1.54) is 0 Å². The summed E-state index contributed by atoms with van der Waals surface area (Å²) >= 11 is 4.99. The number of hydrogen-bond donors (Lipinski definition) is 0. The van der Waals surface area contributed by atoms with E-state index in [0.29, 0.717) is 11.7 Å². The zero-order valence-corrected chi connectivity index (χ0v) is 8.65. The first-order valence-electron chi connectivity index (χ1n) is 3.97. The average Bonchev–Trinajstić information content (AvgIpc) is 2.04. The van der Waals surface area contributed by atoms with Gasteiger partial charge < -0.3 is 9.64 Å². The third-order valence-electron chi connectivity index (χ3n) is 1.52. The molecular formula is C9H15NOS. The van der Waals surface area contributed by atoms with E-state index >= 15 is 0 Å². The van der Waals surface area contributed by atoms with Crippen molar-refractivity contribution in [2.24, 2.45) is 0 Å². The molecule has 0 aromatic carbocycles.